The highest BCUT2D eigenvalue weighted by Crippen LogP contribution is 2.22. The molecular formula is C13H14F5NO2. The predicted octanol–water partition coefficient (Wildman–Crippen LogP) is 2.85. The van der Waals surface area contributed by atoms with Crippen LogP contribution in [-0.4, -0.2) is 23.2 Å². The maximum atomic E-state index is 13.0. The zero-order chi connectivity index (χ0) is 16.2. The van der Waals surface area contributed by atoms with E-state index >= 15 is 0 Å². The van der Waals surface area contributed by atoms with Gasteiger partial charge in [-0.25, -0.2) is 8.78 Å². The monoisotopic (exact) mass is 311 g/mol. The number of aliphatic hydroxyl groups excluding tert-OH is 1. The van der Waals surface area contributed by atoms with Crippen LogP contribution in [0.4, 0.5) is 22.0 Å². The number of hydrogen-bond acceptors (Lipinski definition) is 2. The van der Waals surface area contributed by atoms with E-state index in [4.69, 9.17) is 0 Å². The molecule has 2 atom stereocenters. The van der Waals surface area contributed by atoms with E-state index in [2.05, 4.69) is 5.32 Å². The van der Waals surface area contributed by atoms with Crippen LogP contribution in [-0.2, 0) is 4.79 Å². The van der Waals surface area contributed by atoms with E-state index in [0.717, 1.165) is 18.2 Å². The molecule has 0 bridgehead atoms. The minimum Gasteiger partial charge on any atom is -0.386 e. The fourth-order valence-corrected chi connectivity index (χ4v) is 1.65. The van der Waals surface area contributed by atoms with Crippen molar-refractivity contribution in [2.24, 2.45) is 0 Å². The fraction of sp³-hybridized carbons (Fsp3) is 0.462. The zero-order valence-electron chi connectivity index (χ0n) is 11.0. The van der Waals surface area contributed by atoms with Gasteiger partial charge < -0.3 is 10.4 Å². The second kappa shape index (κ2) is 6.84. The molecule has 1 amide bonds. The largest absolute Gasteiger partial charge is 0.389 e. The Kier molecular flexibility index (Phi) is 5.65. The third-order valence-electron chi connectivity index (χ3n) is 2.78. The molecule has 0 aromatic heterocycles. The SMILES string of the molecule is CC(NC(=O)CCC(F)(F)F)C(O)c1ccc(F)c(F)c1. The Bertz CT molecular complexity index is 504. The molecule has 21 heavy (non-hydrogen) atoms. The van der Waals surface area contributed by atoms with Crippen molar-refractivity contribution in [3.05, 3.63) is 35.4 Å². The van der Waals surface area contributed by atoms with Gasteiger partial charge in [0.2, 0.25) is 5.91 Å². The summed E-state index contributed by atoms with van der Waals surface area (Å²) < 4.78 is 61.6. The van der Waals surface area contributed by atoms with E-state index in [-0.39, 0.29) is 5.56 Å². The first-order chi connectivity index (χ1) is 9.60. The number of benzene rings is 1. The lowest BCUT2D eigenvalue weighted by Crippen LogP contribution is -2.37. The van der Waals surface area contributed by atoms with Crippen LogP contribution in [0.2, 0.25) is 0 Å². The van der Waals surface area contributed by atoms with Gasteiger partial charge in [-0.2, -0.15) is 13.2 Å². The quantitative estimate of drug-likeness (QED) is 0.822. The lowest BCUT2D eigenvalue weighted by molar-refractivity contribution is -0.144. The predicted molar refractivity (Wildman–Crippen MR) is 64.2 cm³/mol. The van der Waals surface area contributed by atoms with Gasteiger partial charge in [0, 0.05) is 6.42 Å². The summed E-state index contributed by atoms with van der Waals surface area (Å²) in [6.45, 7) is 1.34. The smallest absolute Gasteiger partial charge is 0.386 e. The van der Waals surface area contributed by atoms with Crippen molar-refractivity contribution in [1.82, 2.24) is 5.32 Å². The Morgan fingerprint density at radius 2 is 1.90 bits per heavy atom. The molecule has 118 valence electrons. The summed E-state index contributed by atoms with van der Waals surface area (Å²) in [5, 5.41) is 12.0. The van der Waals surface area contributed by atoms with Crippen molar-refractivity contribution in [2.75, 3.05) is 0 Å². The number of nitrogens with one attached hydrogen (secondary N) is 1. The van der Waals surface area contributed by atoms with Gasteiger partial charge in [0.05, 0.1) is 18.6 Å². The van der Waals surface area contributed by atoms with E-state index in [1.807, 2.05) is 0 Å². The molecule has 0 aliphatic rings. The minimum absolute atomic E-state index is 0.0116. The summed E-state index contributed by atoms with van der Waals surface area (Å²) in [4.78, 5) is 11.3. The number of alkyl halides is 3. The molecule has 3 nitrogen and oxygen atoms in total. The molecule has 2 unspecified atom stereocenters. The van der Waals surface area contributed by atoms with Crippen LogP contribution in [0, 0.1) is 11.6 Å². The molecular weight excluding hydrogens is 297 g/mol. The first kappa shape index (κ1) is 17.4. The van der Waals surface area contributed by atoms with Crippen molar-refractivity contribution in [1.29, 1.82) is 0 Å². The summed E-state index contributed by atoms with van der Waals surface area (Å²) in [6, 6.07) is 1.75. The average Bonchev–Trinajstić information content (AvgIpc) is 2.38. The molecule has 0 radical (unpaired) electrons. The third-order valence-corrected chi connectivity index (χ3v) is 2.78. The molecule has 0 fully saturated rings. The second-order valence-corrected chi connectivity index (χ2v) is 4.59. The summed E-state index contributed by atoms with van der Waals surface area (Å²) in [5.74, 6) is -3.14. The number of carbonyl (C=O) groups is 1. The topological polar surface area (TPSA) is 49.3 Å². The van der Waals surface area contributed by atoms with Crippen LogP contribution in [0.15, 0.2) is 18.2 Å². The first-order valence-electron chi connectivity index (χ1n) is 6.09. The molecule has 0 saturated heterocycles. The number of amides is 1. The number of halogens is 5. The number of aliphatic hydroxyl groups is 1. The summed E-state index contributed by atoms with van der Waals surface area (Å²) in [5.41, 5.74) is 0.0116. The van der Waals surface area contributed by atoms with Gasteiger partial charge >= 0.3 is 6.18 Å². The highest BCUT2D eigenvalue weighted by atomic mass is 19.4. The number of hydrogen-bond donors (Lipinski definition) is 2. The number of carbonyl (C=O) groups excluding carboxylic acids is 1. The van der Waals surface area contributed by atoms with Crippen molar-refractivity contribution in [3.8, 4) is 0 Å². The van der Waals surface area contributed by atoms with Gasteiger partial charge in [-0.3, -0.25) is 4.79 Å². The minimum atomic E-state index is -4.45. The van der Waals surface area contributed by atoms with E-state index in [0.29, 0.717) is 0 Å². The maximum absolute atomic E-state index is 13.0. The zero-order valence-corrected chi connectivity index (χ0v) is 11.0. The fourth-order valence-electron chi connectivity index (χ4n) is 1.65. The highest BCUT2D eigenvalue weighted by molar-refractivity contribution is 5.76. The lowest BCUT2D eigenvalue weighted by atomic mass is 10.0. The summed E-state index contributed by atoms with van der Waals surface area (Å²) in [7, 11) is 0. The Balaban J connectivity index is 2.59. The molecule has 0 heterocycles. The van der Waals surface area contributed by atoms with E-state index in [1.165, 1.54) is 6.92 Å². The van der Waals surface area contributed by atoms with Crippen LogP contribution in [0.3, 0.4) is 0 Å². The van der Waals surface area contributed by atoms with Gasteiger partial charge in [0.1, 0.15) is 0 Å². The van der Waals surface area contributed by atoms with E-state index in [9.17, 15) is 31.9 Å². The highest BCUT2D eigenvalue weighted by Gasteiger charge is 2.28. The number of rotatable bonds is 5. The Hall–Kier alpha value is -1.70. The Morgan fingerprint density at radius 3 is 2.43 bits per heavy atom. The molecule has 0 aliphatic carbocycles. The Labute approximate surface area is 117 Å². The van der Waals surface area contributed by atoms with Gasteiger partial charge in [0.25, 0.3) is 0 Å². The first-order valence-corrected chi connectivity index (χ1v) is 6.09. The Morgan fingerprint density at radius 1 is 1.29 bits per heavy atom. The van der Waals surface area contributed by atoms with Crippen molar-refractivity contribution >= 4 is 5.91 Å². The lowest BCUT2D eigenvalue weighted by Gasteiger charge is -2.21. The van der Waals surface area contributed by atoms with E-state index in [1.54, 1.807) is 0 Å². The summed E-state index contributed by atoms with van der Waals surface area (Å²) >= 11 is 0. The van der Waals surface area contributed by atoms with Crippen LogP contribution in [0.25, 0.3) is 0 Å². The van der Waals surface area contributed by atoms with Gasteiger partial charge in [-0.05, 0) is 24.6 Å². The molecule has 0 saturated carbocycles. The van der Waals surface area contributed by atoms with Crippen molar-refractivity contribution < 1.29 is 31.9 Å². The van der Waals surface area contributed by atoms with Gasteiger partial charge in [0.15, 0.2) is 11.6 Å². The van der Waals surface area contributed by atoms with Gasteiger partial charge in [-0.15, -0.1) is 0 Å². The molecule has 0 spiro atoms. The standard InChI is InChI=1S/C13H14F5NO2/c1-7(19-11(20)4-5-13(16,17)18)12(21)8-2-3-9(14)10(15)6-8/h2-3,6-7,12,21H,4-5H2,1H3,(H,19,20). The van der Waals surface area contributed by atoms with Crippen molar-refractivity contribution in [3.63, 3.8) is 0 Å². The van der Waals surface area contributed by atoms with Crippen LogP contribution in [0.5, 0.6) is 0 Å². The summed E-state index contributed by atoms with van der Waals surface area (Å²) in [6.07, 6.45) is -7.85. The maximum Gasteiger partial charge on any atom is 0.389 e. The molecule has 0 aliphatic heterocycles. The molecule has 8 heteroatoms. The molecule has 2 N–H and O–H groups in total. The van der Waals surface area contributed by atoms with Crippen LogP contribution >= 0.6 is 0 Å². The molecule has 1 rings (SSSR count). The molecule has 1 aromatic rings. The van der Waals surface area contributed by atoms with Gasteiger partial charge in [-0.1, -0.05) is 6.07 Å². The second-order valence-electron chi connectivity index (χ2n) is 4.59. The normalized spacial score (nSPS) is 14.6. The van der Waals surface area contributed by atoms with Crippen molar-refractivity contribution in [2.45, 2.75) is 38.1 Å². The van der Waals surface area contributed by atoms with Crippen LogP contribution in [0.1, 0.15) is 31.4 Å². The average molecular weight is 311 g/mol. The molecule has 1 aromatic carbocycles. The third kappa shape index (κ3) is 5.66. The van der Waals surface area contributed by atoms with E-state index < -0.39 is 48.7 Å². The van der Waals surface area contributed by atoms with Crippen LogP contribution < -0.4 is 5.32 Å².